The lowest BCUT2D eigenvalue weighted by Gasteiger charge is -2.05. The minimum Gasteiger partial charge on any atom is -0.301 e. The number of nitrogens with one attached hydrogen (secondary N) is 1. The Balaban J connectivity index is 2.52. The lowest BCUT2D eigenvalue weighted by atomic mass is 10.4. The molecule has 19 heavy (non-hydrogen) atoms. The smallest absolute Gasteiger partial charge is 0.252 e. The fourth-order valence-corrected chi connectivity index (χ4v) is 2.14. The molecule has 0 aromatic carbocycles. The third-order valence-electron chi connectivity index (χ3n) is 2.00. The molecule has 2 aromatic rings. The first-order valence-electron chi connectivity index (χ1n) is 4.84. The van der Waals surface area contributed by atoms with Gasteiger partial charge in [0.05, 0.1) is 4.90 Å². The Morgan fingerprint density at radius 1 is 1.11 bits per heavy atom. The molecule has 2 heterocycles. The highest BCUT2D eigenvalue weighted by atomic mass is 32.2. The summed E-state index contributed by atoms with van der Waals surface area (Å²) in [6.45, 7) is 1.49. The van der Waals surface area contributed by atoms with Gasteiger partial charge in [-0.2, -0.15) is 13.8 Å². The monoisotopic (exact) mass is 291 g/mol. The molecule has 0 radical (unpaired) electrons. The molecule has 0 amide bonds. The molecule has 0 atom stereocenters. The summed E-state index contributed by atoms with van der Waals surface area (Å²) in [5.41, 5.74) is -0.257. The molecule has 0 saturated carbocycles. The lowest BCUT2D eigenvalue weighted by Crippen LogP contribution is -2.09. The number of aryl methyl sites for hydroxylation is 1. The Morgan fingerprint density at radius 2 is 1.68 bits per heavy atom. The SMILES string of the molecule is Cc1cc(=O)[nH]c(Sc2c(F)c(F)nc(F)c2F)n1. The quantitative estimate of drug-likeness (QED) is 0.523. The van der Waals surface area contributed by atoms with E-state index < -0.39 is 34.0 Å². The number of aromatic nitrogens is 3. The van der Waals surface area contributed by atoms with Gasteiger partial charge in [0.25, 0.3) is 17.5 Å². The number of rotatable bonds is 2. The molecule has 4 nitrogen and oxygen atoms in total. The van der Waals surface area contributed by atoms with Crippen LogP contribution in [0, 0.1) is 30.5 Å². The first kappa shape index (κ1) is 13.5. The minimum absolute atomic E-state index is 0.187. The zero-order valence-corrected chi connectivity index (χ0v) is 10.1. The Kier molecular flexibility index (Phi) is 3.56. The van der Waals surface area contributed by atoms with E-state index in [2.05, 4.69) is 15.0 Å². The van der Waals surface area contributed by atoms with Crippen molar-refractivity contribution in [1.29, 1.82) is 0 Å². The van der Waals surface area contributed by atoms with Gasteiger partial charge in [0.1, 0.15) is 0 Å². The number of hydrogen-bond donors (Lipinski definition) is 1. The third kappa shape index (κ3) is 2.75. The highest BCUT2D eigenvalue weighted by molar-refractivity contribution is 7.99. The van der Waals surface area contributed by atoms with Crippen LogP contribution in [0.3, 0.4) is 0 Å². The maximum atomic E-state index is 13.3. The van der Waals surface area contributed by atoms with Gasteiger partial charge in [-0.1, -0.05) is 0 Å². The largest absolute Gasteiger partial charge is 0.301 e. The molecule has 0 saturated heterocycles. The molecule has 0 unspecified atom stereocenters. The predicted octanol–water partition coefficient (Wildman–Crippen LogP) is 2.18. The van der Waals surface area contributed by atoms with E-state index in [0.717, 1.165) is 6.07 Å². The van der Waals surface area contributed by atoms with Gasteiger partial charge in [0.2, 0.25) is 0 Å². The first-order chi connectivity index (χ1) is 8.88. The Bertz CT molecular complexity index is 678. The average Bonchev–Trinajstić information content (AvgIpc) is 2.31. The molecule has 1 N–H and O–H groups in total. The van der Waals surface area contributed by atoms with E-state index in [1.54, 1.807) is 0 Å². The second kappa shape index (κ2) is 5.00. The van der Waals surface area contributed by atoms with Crippen molar-refractivity contribution < 1.29 is 17.6 Å². The van der Waals surface area contributed by atoms with Crippen molar-refractivity contribution >= 4 is 11.8 Å². The molecule has 0 spiro atoms. The highest BCUT2D eigenvalue weighted by Gasteiger charge is 2.22. The van der Waals surface area contributed by atoms with E-state index in [1.165, 1.54) is 6.92 Å². The summed E-state index contributed by atoms with van der Waals surface area (Å²) in [7, 11) is 0. The second-order valence-electron chi connectivity index (χ2n) is 3.44. The number of hydrogen-bond acceptors (Lipinski definition) is 4. The van der Waals surface area contributed by atoms with E-state index >= 15 is 0 Å². The van der Waals surface area contributed by atoms with Crippen LogP contribution in [0.2, 0.25) is 0 Å². The molecule has 0 fully saturated rings. The van der Waals surface area contributed by atoms with Crippen LogP contribution in [-0.2, 0) is 0 Å². The summed E-state index contributed by atoms with van der Waals surface area (Å²) in [6.07, 6.45) is 0. The van der Waals surface area contributed by atoms with Crippen LogP contribution in [-0.4, -0.2) is 15.0 Å². The van der Waals surface area contributed by atoms with Gasteiger partial charge in [-0.05, 0) is 18.7 Å². The number of nitrogens with zero attached hydrogens (tertiary/aromatic N) is 2. The predicted molar refractivity (Wildman–Crippen MR) is 57.8 cm³/mol. The van der Waals surface area contributed by atoms with Gasteiger partial charge in [0, 0.05) is 11.8 Å². The van der Waals surface area contributed by atoms with Gasteiger partial charge < -0.3 is 4.98 Å². The standard InChI is InChI=1S/C10H5F4N3OS/c1-3-2-4(18)16-10(15-3)19-7-5(11)8(13)17-9(14)6(7)12/h2H,1H3,(H,15,16,18). The summed E-state index contributed by atoms with van der Waals surface area (Å²) in [5, 5.41) is -0.187. The molecule has 100 valence electrons. The Morgan fingerprint density at radius 3 is 2.21 bits per heavy atom. The van der Waals surface area contributed by atoms with Crippen LogP contribution < -0.4 is 5.56 Å². The molecule has 2 aromatic heterocycles. The van der Waals surface area contributed by atoms with Crippen molar-refractivity contribution in [3.05, 3.63) is 45.6 Å². The van der Waals surface area contributed by atoms with E-state index in [4.69, 9.17) is 0 Å². The number of pyridine rings is 1. The van der Waals surface area contributed by atoms with Crippen molar-refractivity contribution in [2.45, 2.75) is 17.0 Å². The van der Waals surface area contributed by atoms with Crippen LogP contribution >= 0.6 is 11.8 Å². The van der Waals surface area contributed by atoms with Gasteiger partial charge in [-0.3, -0.25) is 4.79 Å². The van der Waals surface area contributed by atoms with Crippen LogP contribution in [0.15, 0.2) is 20.9 Å². The van der Waals surface area contributed by atoms with Crippen LogP contribution in [0.25, 0.3) is 0 Å². The maximum Gasteiger partial charge on any atom is 0.252 e. The normalized spacial score (nSPS) is 10.8. The fourth-order valence-electron chi connectivity index (χ4n) is 1.25. The highest BCUT2D eigenvalue weighted by Crippen LogP contribution is 2.30. The van der Waals surface area contributed by atoms with Crippen LogP contribution in [0.4, 0.5) is 17.6 Å². The fraction of sp³-hybridized carbons (Fsp3) is 0.100. The Hall–Kier alpha value is -1.90. The van der Waals surface area contributed by atoms with Crippen molar-refractivity contribution in [2.24, 2.45) is 0 Å². The van der Waals surface area contributed by atoms with Crippen molar-refractivity contribution in [3.63, 3.8) is 0 Å². The van der Waals surface area contributed by atoms with E-state index in [1.807, 2.05) is 0 Å². The van der Waals surface area contributed by atoms with Crippen molar-refractivity contribution in [1.82, 2.24) is 15.0 Å². The lowest BCUT2D eigenvalue weighted by molar-refractivity contribution is 0.383. The summed E-state index contributed by atoms with van der Waals surface area (Å²) in [4.78, 5) is 18.6. The second-order valence-corrected chi connectivity index (χ2v) is 4.44. The van der Waals surface area contributed by atoms with E-state index in [0.29, 0.717) is 5.69 Å². The van der Waals surface area contributed by atoms with Gasteiger partial charge in [-0.15, -0.1) is 0 Å². The first-order valence-corrected chi connectivity index (χ1v) is 5.66. The summed E-state index contributed by atoms with van der Waals surface area (Å²) in [6, 6.07) is 1.16. The topological polar surface area (TPSA) is 58.6 Å². The molecule has 0 bridgehead atoms. The maximum absolute atomic E-state index is 13.3. The summed E-state index contributed by atoms with van der Waals surface area (Å²) >= 11 is 0.261. The zero-order valence-electron chi connectivity index (χ0n) is 9.30. The molecule has 0 aliphatic rings. The molecule has 9 heteroatoms. The van der Waals surface area contributed by atoms with Crippen molar-refractivity contribution in [2.75, 3.05) is 0 Å². The number of halogens is 4. The van der Waals surface area contributed by atoms with Gasteiger partial charge in [0.15, 0.2) is 16.8 Å². The molecule has 0 aliphatic heterocycles. The summed E-state index contributed by atoms with van der Waals surface area (Å²) < 4.78 is 52.5. The van der Waals surface area contributed by atoms with E-state index in [-0.39, 0.29) is 16.9 Å². The molecular formula is C10H5F4N3OS. The number of H-pyrrole nitrogens is 1. The molecular weight excluding hydrogens is 286 g/mol. The number of aromatic amines is 1. The molecule has 2 rings (SSSR count). The molecule has 0 aliphatic carbocycles. The van der Waals surface area contributed by atoms with Crippen LogP contribution in [0.1, 0.15) is 5.69 Å². The third-order valence-corrected chi connectivity index (χ3v) is 2.95. The summed E-state index contributed by atoms with van der Waals surface area (Å²) in [5.74, 6) is -6.83. The van der Waals surface area contributed by atoms with Crippen LogP contribution in [0.5, 0.6) is 0 Å². The average molecular weight is 291 g/mol. The Labute approximate surface area is 107 Å². The van der Waals surface area contributed by atoms with E-state index in [9.17, 15) is 22.4 Å². The van der Waals surface area contributed by atoms with Gasteiger partial charge >= 0.3 is 0 Å². The minimum atomic E-state index is -1.77. The van der Waals surface area contributed by atoms with Gasteiger partial charge in [-0.25, -0.2) is 13.8 Å². The zero-order chi connectivity index (χ0) is 14.2. The van der Waals surface area contributed by atoms with Crippen molar-refractivity contribution in [3.8, 4) is 0 Å².